The van der Waals surface area contributed by atoms with Crippen LogP contribution in [0.3, 0.4) is 0 Å². The number of aromatic nitrogens is 2. The van der Waals surface area contributed by atoms with Crippen LogP contribution in [-0.4, -0.2) is 34.5 Å². The van der Waals surface area contributed by atoms with Gasteiger partial charge in [-0.2, -0.15) is 11.3 Å². The Hall–Kier alpha value is -5.54. The van der Waals surface area contributed by atoms with Crippen molar-refractivity contribution in [3.8, 4) is 55.9 Å². The van der Waals surface area contributed by atoms with Crippen molar-refractivity contribution in [3.05, 3.63) is 187 Å². The summed E-state index contributed by atoms with van der Waals surface area (Å²) in [5.41, 5.74) is 12.0. The molecule has 9 aromatic rings. The number of pyridine rings is 2. The summed E-state index contributed by atoms with van der Waals surface area (Å²) in [4.78, 5) is 25.2. The second kappa shape index (κ2) is 19.5. The summed E-state index contributed by atoms with van der Waals surface area (Å²) in [7, 11) is 0. The Labute approximate surface area is 390 Å². The molecule has 9 rings (SSSR count). The molecule has 63 heavy (non-hydrogen) atoms. The topological polar surface area (TPSA) is 72.3 Å². The van der Waals surface area contributed by atoms with Crippen LogP contribution in [0.15, 0.2) is 164 Å². The van der Waals surface area contributed by atoms with Crippen molar-refractivity contribution in [2.45, 2.75) is 44.5 Å². The van der Waals surface area contributed by atoms with E-state index in [0.717, 1.165) is 34.5 Å². The van der Waals surface area contributed by atoms with E-state index < -0.39 is 19.2 Å². The minimum atomic E-state index is -1.91. The minimum Gasteiger partial charge on any atom is 0 e. The van der Waals surface area contributed by atoms with Gasteiger partial charge in [-0.05, 0) is 68.1 Å². The van der Waals surface area contributed by atoms with Crippen LogP contribution in [-0.2, 0) is 31.4 Å². The quantitative estimate of drug-likeness (QED) is 0.0710. The Kier molecular flexibility index (Phi) is 14.1. The Bertz CT molecular complexity index is 3000. The molecule has 3 aromatic heterocycles. The molecule has 0 amide bonds. The fraction of sp³-hybridized carbons (Fsp3) is 0.145. The van der Waals surface area contributed by atoms with E-state index in [9.17, 15) is 4.79 Å². The van der Waals surface area contributed by atoms with Gasteiger partial charge in [0, 0.05) is 31.0 Å². The molecule has 0 aliphatic rings. The predicted molar refractivity (Wildman–Crippen MR) is 260 cm³/mol. The van der Waals surface area contributed by atoms with Gasteiger partial charge in [0.2, 0.25) is 0 Å². The third-order valence-corrected chi connectivity index (χ3v) is 16.3. The first-order valence-electron chi connectivity index (χ1n) is 20.8. The molecule has 0 bridgehead atoms. The number of hydrogen-bond donors (Lipinski definition) is 1. The molecule has 3 heterocycles. The number of fused-ring (bicyclic) bond motifs is 3. The van der Waals surface area contributed by atoms with E-state index in [1.807, 2.05) is 66.2 Å². The molecule has 0 aliphatic heterocycles. The van der Waals surface area contributed by atoms with Crippen LogP contribution >= 0.6 is 11.3 Å². The first-order chi connectivity index (χ1) is 29.9. The van der Waals surface area contributed by atoms with Crippen LogP contribution in [0, 0.1) is 17.5 Å². The van der Waals surface area contributed by atoms with Gasteiger partial charge < -0.3 is 4.98 Å². The number of thiophene rings is 1. The largest absolute Gasteiger partial charge is 0 e. The molecule has 8 heteroatoms. The van der Waals surface area contributed by atoms with E-state index in [1.54, 1.807) is 0 Å². The Morgan fingerprint density at radius 3 is 1.94 bits per heavy atom. The van der Waals surface area contributed by atoms with Gasteiger partial charge in [0.05, 0.1) is 0 Å². The molecule has 0 saturated heterocycles. The van der Waals surface area contributed by atoms with E-state index in [4.69, 9.17) is 10.2 Å². The van der Waals surface area contributed by atoms with Gasteiger partial charge in [-0.15, -0.1) is 23.8 Å². The van der Waals surface area contributed by atoms with Crippen molar-refractivity contribution < 1.29 is 35.0 Å². The van der Waals surface area contributed by atoms with Crippen LogP contribution in [0.2, 0.25) is 17.3 Å². The van der Waals surface area contributed by atoms with Gasteiger partial charge in [0.1, 0.15) is 0 Å². The van der Waals surface area contributed by atoms with Crippen molar-refractivity contribution in [1.82, 2.24) is 9.97 Å². The van der Waals surface area contributed by atoms with Gasteiger partial charge >= 0.3 is 156 Å². The third-order valence-electron chi connectivity index (χ3n) is 10.8. The number of rotatable bonds is 8. The number of nitrogens with zero attached hydrogens (tertiary/aromatic N) is 2. The fourth-order valence-corrected chi connectivity index (χ4v) is 11.2. The Balaban J connectivity index is 0.000000196. The normalized spacial score (nSPS) is 11.4. The van der Waals surface area contributed by atoms with Crippen LogP contribution < -0.4 is 4.40 Å². The number of carbonyl (C=O) groups is 1. The maximum Gasteiger partial charge on any atom is 0 e. The van der Waals surface area contributed by atoms with Crippen LogP contribution in [0.4, 0.5) is 0 Å². The summed E-state index contributed by atoms with van der Waals surface area (Å²) in [6.07, 6.45) is 4.91. The zero-order valence-electron chi connectivity index (χ0n) is 36.2. The molecular weight excluding hydrogens is 1030 g/mol. The number of benzene rings is 6. The van der Waals surface area contributed by atoms with Crippen LogP contribution in [0.5, 0.6) is 0 Å². The predicted octanol–water partition coefficient (Wildman–Crippen LogP) is 14.2. The smallest absolute Gasteiger partial charge is 0 e. The van der Waals surface area contributed by atoms with Gasteiger partial charge in [-0.25, -0.2) is 0 Å². The molecule has 0 unspecified atom stereocenters. The van der Waals surface area contributed by atoms with Crippen molar-refractivity contribution in [3.63, 3.8) is 0 Å². The fourth-order valence-electron chi connectivity index (χ4n) is 7.71. The summed E-state index contributed by atoms with van der Waals surface area (Å²) in [5.74, 6) is 6.17. The van der Waals surface area contributed by atoms with E-state index >= 15 is 0 Å². The third kappa shape index (κ3) is 10.5. The molecule has 0 fully saturated rings. The molecule has 0 atom stereocenters. The second-order valence-corrected chi connectivity index (χ2v) is 29.4. The summed E-state index contributed by atoms with van der Waals surface area (Å²) >= 11 is -0.0583. The van der Waals surface area contributed by atoms with Crippen molar-refractivity contribution in [1.29, 1.82) is 0 Å². The zero-order valence-corrected chi connectivity index (χ0v) is 41.5. The molecule has 0 saturated carbocycles. The Morgan fingerprint density at radius 1 is 0.683 bits per heavy atom. The van der Waals surface area contributed by atoms with Gasteiger partial charge in [0.15, 0.2) is 0 Å². The maximum absolute atomic E-state index is 11.9. The van der Waals surface area contributed by atoms with Gasteiger partial charge in [0.25, 0.3) is 0 Å². The molecule has 0 spiro atoms. The van der Waals surface area contributed by atoms with E-state index in [1.165, 1.54) is 58.5 Å². The molecule has 5 nitrogen and oxygen atoms in total. The van der Waals surface area contributed by atoms with Crippen molar-refractivity contribution in [2.75, 3.05) is 0 Å². The first kappa shape index (κ1) is 45.5. The van der Waals surface area contributed by atoms with Crippen molar-refractivity contribution >= 4 is 55.1 Å². The molecular formula is C55H48GeIrN2O3S-2. The molecule has 317 valence electrons. The van der Waals surface area contributed by atoms with Crippen LogP contribution in [0.1, 0.15) is 36.7 Å². The monoisotopic (exact) mass is 1080 g/mol. The molecule has 1 radical (unpaired) electrons. The summed E-state index contributed by atoms with van der Waals surface area (Å²) in [5, 5.41) is 11.3. The van der Waals surface area contributed by atoms with Gasteiger partial charge in [-0.1, -0.05) is 98.5 Å². The van der Waals surface area contributed by atoms with E-state index in [-0.39, 0.29) is 31.1 Å². The van der Waals surface area contributed by atoms with E-state index in [2.05, 4.69) is 163 Å². The molecule has 1 N–H and O–H groups in total. The van der Waals surface area contributed by atoms with E-state index in [0.29, 0.717) is 5.56 Å². The SMILES string of the molecule is CC(C)(C)Cc1ccnc(-c2[c-]ccc3c2sc2c(-c4ccccc4)cc(-c4ccccc4)cc23)c1.[CH3][Ge]([CH3])([CH3])[c]1ccc(-c2[c-]cc(C(=O)OO)c(-c3ccccc3)c2)nc1.[Ir]. The van der Waals surface area contributed by atoms with Gasteiger partial charge in [-0.3, -0.25) is 0 Å². The summed E-state index contributed by atoms with van der Waals surface area (Å²) in [6.45, 7) is 6.84. The average molecular weight is 1080 g/mol. The second-order valence-electron chi connectivity index (χ2n) is 17.7. The number of hydrogen-bond acceptors (Lipinski definition) is 6. The summed E-state index contributed by atoms with van der Waals surface area (Å²) in [6, 6.07) is 58.3. The van der Waals surface area contributed by atoms with Crippen molar-refractivity contribution in [2.24, 2.45) is 5.41 Å². The van der Waals surface area contributed by atoms with Crippen LogP contribution in [0.25, 0.3) is 76.1 Å². The minimum absolute atomic E-state index is 0. The zero-order chi connectivity index (χ0) is 43.4. The first-order valence-corrected chi connectivity index (χ1v) is 28.9. The molecule has 0 aliphatic carbocycles. The molecule has 6 aromatic carbocycles. The standard InChI is InChI=1S/C34H28NS.C21H20GeNO3.Ir/c1-34(2,3)22-23-17-18-35-31(19-23)28-16-10-15-27-30-21-26(24-11-6-4-7-12-24)20-29(33(30)36-32(27)28)25-13-8-5-9-14-25;1-22(2,3)17-10-12-20(23-14-17)16-9-11-18(21(24)26-25)19(13-16)15-7-5-4-6-8-15;/h4-15,17-21H,22H2,1-3H3;4-8,10-14,25H,1-3H3;/q2*-1;. The maximum atomic E-state index is 11.9. The average Bonchev–Trinajstić information content (AvgIpc) is 3.67. The Morgan fingerprint density at radius 2 is 1.33 bits per heavy atom. The summed E-state index contributed by atoms with van der Waals surface area (Å²) < 4.78 is 3.88. The number of carbonyl (C=O) groups excluding carboxylic acids is 1.